The molecule has 0 saturated heterocycles. The molecule has 0 bridgehead atoms. The van der Waals surface area contributed by atoms with Crippen molar-refractivity contribution in [1.82, 2.24) is 4.31 Å². The molecule has 0 atom stereocenters. The monoisotopic (exact) mass is 253 g/mol. The quantitative estimate of drug-likeness (QED) is 0.761. The highest BCUT2D eigenvalue weighted by molar-refractivity contribution is 7.91. The van der Waals surface area contributed by atoms with Crippen molar-refractivity contribution in [1.29, 1.82) is 0 Å². The van der Waals surface area contributed by atoms with Crippen LogP contribution < -0.4 is 0 Å². The lowest BCUT2D eigenvalue weighted by atomic mass is 10.5. The average molecular weight is 253 g/mol. The van der Waals surface area contributed by atoms with E-state index in [4.69, 9.17) is 6.42 Å². The molecule has 0 amide bonds. The van der Waals surface area contributed by atoms with Gasteiger partial charge in [0.05, 0.1) is 13.1 Å². The van der Waals surface area contributed by atoms with Crippen LogP contribution in [0.3, 0.4) is 0 Å². The number of rotatable bonds is 4. The van der Waals surface area contributed by atoms with Gasteiger partial charge in [-0.15, -0.1) is 23.7 Å². The molecular formula is C11H11NO2S2. The highest BCUT2D eigenvalue weighted by atomic mass is 32.2. The first kappa shape index (κ1) is 12.8. The van der Waals surface area contributed by atoms with E-state index in [0.717, 1.165) is 0 Å². The summed E-state index contributed by atoms with van der Waals surface area (Å²) >= 11 is 1.17. The third-order valence-corrected chi connectivity index (χ3v) is 4.95. The molecular weight excluding hydrogens is 242 g/mol. The summed E-state index contributed by atoms with van der Waals surface area (Å²) in [5.74, 6) is 7.69. The van der Waals surface area contributed by atoms with Crippen molar-refractivity contribution in [2.24, 2.45) is 0 Å². The summed E-state index contributed by atoms with van der Waals surface area (Å²) in [5, 5.41) is 1.71. The maximum atomic E-state index is 12.1. The van der Waals surface area contributed by atoms with Crippen molar-refractivity contribution in [3.05, 3.63) is 17.5 Å². The minimum absolute atomic E-state index is 0.0366. The van der Waals surface area contributed by atoms with Crippen molar-refractivity contribution in [3.8, 4) is 24.2 Å². The Morgan fingerprint density at radius 3 is 2.75 bits per heavy atom. The molecule has 1 aromatic rings. The van der Waals surface area contributed by atoms with Crippen LogP contribution in [0.2, 0.25) is 0 Å². The third-order valence-electron chi connectivity index (χ3n) is 1.79. The lowest BCUT2D eigenvalue weighted by Crippen LogP contribution is -2.31. The Balaban J connectivity index is 3.01. The molecule has 0 unspecified atom stereocenters. The van der Waals surface area contributed by atoms with E-state index in [2.05, 4.69) is 17.8 Å². The zero-order chi connectivity index (χ0) is 12.0. The molecule has 84 valence electrons. The molecule has 1 heterocycles. The molecule has 1 aromatic heterocycles. The summed E-state index contributed by atoms with van der Waals surface area (Å²) in [6, 6.07) is 3.25. The standard InChI is InChI=1S/C11H11NO2S2/c1-3-5-9-12(8-4-2)16(13,14)11-7-6-10-15-11/h2,6-7,10H,8-9H2,1H3. The summed E-state index contributed by atoms with van der Waals surface area (Å²) in [4.78, 5) is 0. The minimum Gasteiger partial charge on any atom is -0.206 e. The van der Waals surface area contributed by atoms with E-state index in [1.54, 1.807) is 24.4 Å². The van der Waals surface area contributed by atoms with Gasteiger partial charge in [-0.05, 0) is 18.4 Å². The number of nitrogens with zero attached hydrogens (tertiary/aromatic N) is 1. The molecule has 0 saturated carbocycles. The maximum absolute atomic E-state index is 12.1. The van der Waals surface area contributed by atoms with Crippen molar-refractivity contribution in [3.63, 3.8) is 0 Å². The van der Waals surface area contributed by atoms with E-state index in [0.29, 0.717) is 4.21 Å². The van der Waals surface area contributed by atoms with E-state index >= 15 is 0 Å². The van der Waals surface area contributed by atoms with Gasteiger partial charge in [-0.3, -0.25) is 0 Å². The Morgan fingerprint density at radius 2 is 2.25 bits per heavy atom. The van der Waals surface area contributed by atoms with Gasteiger partial charge in [0.2, 0.25) is 0 Å². The predicted octanol–water partition coefficient (Wildman–Crippen LogP) is 1.40. The van der Waals surface area contributed by atoms with Crippen molar-refractivity contribution < 1.29 is 8.42 Å². The lowest BCUT2D eigenvalue weighted by Gasteiger charge is -2.15. The Kier molecular flexibility index (Phi) is 4.57. The van der Waals surface area contributed by atoms with Crippen LogP contribution in [0.15, 0.2) is 21.7 Å². The number of hydrogen-bond donors (Lipinski definition) is 0. The second-order valence-corrected chi connectivity index (χ2v) is 5.95. The molecule has 0 aliphatic heterocycles. The van der Waals surface area contributed by atoms with Gasteiger partial charge in [-0.1, -0.05) is 17.9 Å². The second kappa shape index (κ2) is 5.72. The summed E-state index contributed by atoms with van der Waals surface area (Å²) in [5.41, 5.74) is 0. The van der Waals surface area contributed by atoms with Gasteiger partial charge >= 0.3 is 0 Å². The van der Waals surface area contributed by atoms with E-state index in [-0.39, 0.29) is 13.1 Å². The molecule has 0 radical (unpaired) electrons. The molecule has 0 aromatic carbocycles. The van der Waals surface area contributed by atoms with Crippen molar-refractivity contribution >= 4 is 21.4 Å². The summed E-state index contributed by atoms with van der Waals surface area (Å²) < 4.78 is 25.6. The maximum Gasteiger partial charge on any atom is 0.254 e. The molecule has 0 fully saturated rings. The topological polar surface area (TPSA) is 37.4 Å². The first-order valence-corrected chi connectivity index (χ1v) is 6.81. The summed E-state index contributed by atoms with van der Waals surface area (Å²) in [6.45, 7) is 1.82. The van der Waals surface area contributed by atoms with Gasteiger partial charge < -0.3 is 0 Å². The zero-order valence-corrected chi connectivity index (χ0v) is 10.4. The first-order chi connectivity index (χ1) is 7.62. The fourth-order valence-electron chi connectivity index (χ4n) is 1.03. The first-order valence-electron chi connectivity index (χ1n) is 4.49. The zero-order valence-electron chi connectivity index (χ0n) is 8.80. The van der Waals surface area contributed by atoms with Crippen molar-refractivity contribution in [2.75, 3.05) is 13.1 Å². The average Bonchev–Trinajstić information content (AvgIpc) is 2.77. The van der Waals surface area contributed by atoms with Crippen LogP contribution in [-0.4, -0.2) is 25.8 Å². The lowest BCUT2D eigenvalue weighted by molar-refractivity contribution is 0.484. The van der Waals surface area contributed by atoms with E-state index in [1.807, 2.05) is 0 Å². The summed E-state index contributed by atoms with van der Waals surface area (Å²) in [6.07, 6.45) is 5.15. The smallest absolute Gasteiger partial charge is 0.206 e. The molecule has 0 spiro atoms. The minimum atomic E-state index is -3.49. The second-order valence-electron chi connectivity index (χ2n) is 2.84. The van der Waals surface area contributed by atoms with Crippen LogP contribution in [0.25, 0.3) is 0 Å². The highest BCUT2D eigenvalue weighted by Crippen LogP contribution is 2.20. The fourth-order valence-corrected chi connectivity index (χ4v) is 3.43. The van der Waals surface area contributed by atoms with Crippen LogP contribution in [0.4, 0.5) is 0 Å². The van der Waals surface area contributed by atoms with Crippen LogP contribution in [0, 0.1) is 24.2 Å². The molecule has 5 heteroatoms. The molecule has 0 N–H and O–H groups in total. The van der Waals surface area contributed by atoms with Crippen molar-refractivity contribution in [2.45, 2.75) is 11.1 Å². The number of terminal acetylenes is 1. The van der Waals surface area contributed by atoms with Crippen LogP contribution in [-0.2, 0) is 10.0 Å². The van der Waals surface area contributed by atoms with Gasteiger partial charge in [-0.25, -0.2) is 8.42 Å². The summed E-state index contributed by atoms with van der Waals surface area (Å²) in [7, 11) is -3.49. The largest absolute Gasteiger partial charge is 0.254 e. The Morgan fingerprint density at radius 1 is 1.50 bits per heavy atom. The molecule has 0 aliphatic carbocycles. The van der Waals surface area contributed by atoms with E-state index in [9.17, 15) is 8.42 Å². The number of hydrogen-bond acceptors (Lipinski definition) is 3. The van der Waals surface area contributed by atoms with Gasteiger partial charge in [0.15, 0.2) is 0 Å². The van der Waals surface area contributed by atoms with E-state index < -0.39 is 10.0 Å². The Bertz CT molecular complexity index is 527. The fraction of sp³-hybridized carbons (Fsp3) is 0.273. The number of thiophene rings is 1. The van der Waals surface area contributed by atoms with E-state index in [1.165, 1.54) is 15.6 Å². The third kappa shape index (κ3) is 2.86. The van der Waals surface area contributed by atoms with Gasteiger partial charge in [-0.2, -0.15) is 4.31 Å². The van der Waals surface area contributed by atoms with Gasteiger partial charge in [0, 0.05) is 0 Å². The Labute approximate surface area is 100 Å². The number of sulfonamides is 1. The van der Waals surface area contributed by atoms with Gasteiger partial charge in [0.1, 0.15) is 4.21 Å². The van der Waals surface area contributed by atoms with Gasteiger partial charge in [0.25, 0.3) is 10.0 Å². The van der Waals surface area contributed by atoms with Crippen LogP contribution >= 0.6 is 11.3 Å². The highest BCUT2D eigenvalue weighted by Gasteiger charge is 2.23. The molecule has 3 nitrogen and oxygen atoms in total. The molecule has 16 heavy (non-hydrogen) atoms. The normalized spacial score (nSPS) is 10.6. The molecule has 0 aliphatic rings. The van der Waals surface area contributed by atoms with Crippen LogP contribution in [0.5, 0.6) is 0 Å². The Hall–Kier alpha value is -1.27. The van der Waals surface area contributed by atoms with Crippen LogP contribution in [0.1, 0.15) is 6.92 Å². The molecule has 1 rings (SSSR count). The SMILES string of the molecule is C#CCN(CC#CC)S(=O)(=O)c1cccs1. The predicted molar refractivity (Wildman–Crippen MR) is 65.4 cm³/mol.